The summed E-state index contributed by atoms with van der Waals surface area (Å²) in [6.45, 7) is 5.38. The highest BCUT2D eigenvalue weighted by atomic mass is 79.9. The van der Waals surface area contributed by atoms with Crippen LogP contribution in [0.1, 0.15) is 36.8 Å². The molecule has 2 aliphatic rings. The first-order valence-electron chi connectivity index (χ1n) is 7.85. The van der Waals surface area contributed by atoms with Crippen molar-refractivity contribution in [1.82, 2.24) is 5.32 Å². The molecule has 3 heteroatoms. The van der Waals surface area contributed by atoms with Crippen molar-refractivity contribution in [2.75, 3.05) is 19.7 Å². The van der Waals surface area contributed by atoms with E-state index in [9.17, 15) is 0 Å². The Hall–Kier alpha value is -0.540. The van der Waals surface area contributed by atoms with Gasteiger partial charge in [0.25, 0.3) is 0 Å². The van der Waals surface area contributed by atoms with E-state index in [0.29, 0.717) is 0 Å². The van der Waals surface area contributed by atoms with E-state index in [0.717, 1.165) is 48.2 Å². The maximum Gasteiger partial charge on any atom is 0.136 e. The SMILES string of the molecule is Cc1cc(Br)c(OCC2CC2)c(CC2CCNCC2)c1. The zero-order valence-electron chi connectivity index (χ0n) is 12.3. The van der Waals surface area contributed by atoms with Crippen molar-refractivity contribution in [1.29, 1.82) is 0 Å². The summed E-state index contributed by atoms with van der Waals surface area (Å²) < 4.78 is 7.25. The van der Waals surface area contributed by atoms with E-state index in [4.69, 9.17) is 4.74 Å². The summed E-state index contributed by atoms with van der Waals surface area (Å²) in [6, 6.07) is 4.49. The monoisotopic (exact) mass is 337 g/mol. The molecule has 0 atom stereocenters. The molecule has 1 aliphatic heterocycles. The predicted molar refractivity (Wildman–Crippen MR) is 86.4 cm³/mol. The Morgan fingerprint density at radius 2 is 1.90 bits per heavy atom. The Balaban J connectivity index is 1.74. The molecule has 0 unspecified atom stereocenters. The second-order valence-electron chi connectivity index (χ2n) is 6.39. The van der Waals surface area contributed by atoms with Gasteiger partial charge in [0.2, 0.25) is 0 Å². The molecule has 3 rings (SSSR count). The Morgan fingerprint density at radius 3 is 2.60 bits per heavy atom. The molecule has 0 aromatic heterocycles. The third-order valence-corrected chi connectivity index (χ3v) is 4.98. The molecule has 0 amide bonds. The number of rotatable bonds is 5. The van der Waals surface area contributed by atoms with E-state index in [1.165, 1.54) is 36.8 Å². The molecule has 0 spiro atoms. The van der Waals surface area contributed by atoms with Crippen molar-refractivity contribution in [2.45, 2.75) is 39.0 Å². The number of benzene rings is 1. The lowest BCUT2D eigenvalue weighted by atomic mass is 9.90. The molecule has 1 aromatic rings. The van der Waals surface area contributed by atoms with Gasteiger partial charge in [0.05, 0.1) is 11.1 Å². The number of hydrogen-bond donors (Lipinski definition) is 1. The average molecular weight is 338 g/mol. The van der Waals surface area contributed by atoms with Crippen LogP contribution < -0.4 is 10.1 Å². The quantitative estimate of drug-likeness (QED) is 0.873. The van der Waals surface area contributed by atoms with Gasteiger partial charge in [-0.2, -0.15) is 0 Å². The first-order chi connectivity index (χ1) is 9.72. The lowest BCUT2D eigenvalue weighted by Crippen LogP contribution is -2.28. The van der Waals surface area contributed by atoms with Crippen molar-refractivity contribution < 1.29 is 4.74 Å². The molecule has 2 fully saturated rings. The topological polar surface area (TPSA) is 21.3 Å². The van der Waals surface area contributed by atoms with Crippen LogP contribution in [-0.2, 0) is 6.42 Å². The molecule has 0 bridgehead atoms. The number of ether oxygens (including phenoxy) is 1. The van der Waals surface area contributed by atoms with Gasteiger partial charge in [-0.1, -0.05) is 6.07 Å². The number of halogens is 1. The largest absolute Gasteiger partial charge is 0.492 e. The minimum absolute atomic E-state index is 0.799. The van der Waals surface area contributed by atoms with E-state index in [1.807, 2.05) is 0 Å². The van der Waals surface area contributed by atoms with E-state index in [-0.39, 0.29) is 0 Å². The lowest BCUT2D eigenvalue weighted by Gasteiger charge is -2.24. The van der Waals surface area contributed by atoms with Gasteiger partial charge in [0, 0.05) is 0 Å². The fourth-order valence-corrected chi connectivity index (χ4v) is 3.73. The minimum Gasteiger partial charge on any atom is -0.492 e. The van der Waals surface area contributed by atoms with Crippen molar-refractivity contribution in [2.24, 2.45) is 11.8 Å². The normalized spacial score (nSPS) is 20.1. The predicted octanol–water partition coefficient (Wildman–Crippen LogP) is 4.09. The van der Waals surface area contributed by atoms with Gasteiger partial charge in [-0.25, -0.2) is 0 Å². The Kier molecular flexibility index (Phi) is 4.67. The molecule has 1 saturated carbocycles. The molecule has 1 aromatic carbocycles. The number of piperidine rings is 1. The molecule has 0 radical (unpaired) electrons. The maximum atomic E-state index is 6.13. The standard InChI is InChI=1S/C17H24BrNO/c1-12-8-15(10-13-4-6-19-7-5-13)17(16(18)9-12)20-11-14-2-3-14/h8-9,13-14,19H,2-7,10-11H2,1H3. The second-order valence-corrected chi connectivity index (χ2v) is 7.24. The van der Waals surface area contributed by atoms with Gasteiger partial charge in [-0.3, -0.25) is 0 Å². The second kappa shape index (κ2) is 6.48. The van der Waals surface area contributed by atoms with Crippen molar-refractivity contribution in [3.63, 3.8) is 0 Å². The summed E-state index contributed by atoms with van der Waals surface area (Å²) in [5.74, 6) is 2.70. The molecule has 1 aliphatic carbocycles. The van der Waals surface area contributed by atoms with Crippen LogP contribution in [0.15, 0.2) is 16.6 Å². The highest BCUT2D eigenvalue weighted by Gasteiger charge is 2.24. The summed E-state index contributed by atoms with van der Waals surface area (Å²) in [5.41, 5.74) is 2.71. The Labute approximate surface area is 130 Å². The molecule has 1 N–H and O–H groups in total. The van der Waals surface area contributed by atoms with Crippen LogP contribution in [0, 0.1) is 18.8 Å². The fourth-order valence-electron chi connectivity index (χ4n) is 3.00. The molecule has 1 saturated heterocycles. The number of hydrogen-bond acceptors (Lipinski definition) is 2. The van der Waals surface area contributed by atoms with E-state index in [1.54, 1.807) is 0 Å². The van der Waals surface area contributed by atoms with Crippen molar-refractivity contribution in [3.05, 3.63) is 27.7 Å². The average Bonchev–Trinajstić information content (AvgIpc) is 3.23. The van der Waals surface area contributed by atoms with E-state index < -0.39 is 0 Å². The zero-order valence-corrected chi connectivity index (χ0v) is 13.8. The molecule has 110 valence electrons. The van der Waals surface area contributed by atoms with Crippen LogP contribution >= 0.6 is 15.9 Å². The maximum absolute atomic E-state index is 6.13. The summed E-state index contributed by atoms with van der Waals surface area (Å²) in [5, 5.41) is 3.45. The van der Waals surface area contributed by atoms with Gasteiger partial charge in [0.15, 0.2) is 0 Å². The van der Waals surface area contributed by atoms with Crippen LogP contribution in [0.3, 0.4) is 0 Å². The van der Waals surface area contributed by atoms with Crippen LogP contribution in [0.25, 0.3) is 0 Å². The van der Waals surface area contributed by atoms with Gasteiger partial charge >= 0.3 is 0 Å². The smallest absolute Gasteiger partial charge is 0.136 e. The zero-order chi connectivity index (χ0) is 13.9. The highest BCUT2D eigenvalue weighted by molar-refractivity contribution is 9.10. The Morgan fingerprint density at radius 1 is 1.15 bits per heavy atom. The molecule has 20 heavy (non-hydrogen) atoms. The number of nitrogens with one attached hydrogen (secondary N) is 1. The van der Waals surface area contributed by atoms with E-state index >= 15 is 0 Å². The minimum atomic E-state index is 0.799. The van der Waals surface area contributed by atoms with Gasteiger partial charge in [0.1, 0.15) is 5.75 Å². The summed E-state index contributed by atoms with van der Waals surface area (Å²) in [7, 11) is 0. The summed E-state index contributed by atoms with van der Waals surface area (Å²) in [4.78, 5) is 0. The third-order valence-electron chi connectivity index (χ3n) is 4.39. The van der Waals surface area contributed by atoms with Crippen LogP contribution in [-0.4, -0.2) is 19.7 Å². The first kappa shape index (κ1) is 14.4. The summed E-state index contributed by atoms with van der Waals surface area (Å²) >= 11 is 3.70. The van der Waals surface area contributed by atoms with Crippen LogP contribution in [0.4, 0.5) is 0 Å². The van der Waals surface area contributed by atoms with Gasteiger partial charge < -0.3 is 10.1 Å². The van der Waals surface area contributed by atoms with Gasteiger partial charge in [-0.15, -0.1) is 0 Å². The summed E-state index contributed by atoms with van der Waals surface area (Å²) in [6.07, 6.45) is 6.41. The van der Waals surface area contributed by atoms with E-state index in [2.05, 4.69) is 40.3 Å². The molecule has 2 nitrogen and oxygen atoms in total. The van der Waals surface area contributed by atoms with Crippen molar-refractivity contribution >= 4 is 15.9 Å². The van der Waals surface area contributed by atoms with Gasteiger partial charge in [-0.05, 0) is 97.1 Å². The third kappa shape index (κ3) is 3.76. The Bertz CT molecular complexity index is 464. The highest BCUT2D eigenvalue weighted by Crippen LogP contribution is 2.36. The first-order valence-corrected chi connectivity index (χ1v) is 8.64. The molecular weight excluding hydrogens is 314 g/mol. The fraction of sp³-hybridized carbons (Fsp3) is 0.647. The lowest BCUT2D eigenvalue weighted by molar-refractivity contribution is 0.290. The van der Waals surface area contributed by atoms with Crippen LogP contribution in [0.5, 0.6) is 5.75 Å². The number of aryl methyl sites for hydroxylation is 1. The van der Waals surface area contributed by atoms with Crippen molar-refractivity contribution in [3.8, 4) is 5.75 Å². The molecular formula is C17H24BrNO. The molecule has 1 heterocycles. The van der Waals surface area contributed by atoms with Crippen LogP contribution in [0.2, 0.25) is 0 Å².